The minimum Gasteiger partial charge on any atom is -0.493 e. The molecule has 2 aromatic carbocycles. The number of ether oxygens (including phenoxy) is 3. The molecule has 0 saturated carbocycles. The van der Waals surface area contributed by atoms with E-state index in [1.165, 1.54) is 4.88 Å². The summed E-state index contributed by atoms with van der Waals surface area (Å²) in [7, 11) is 1.62. The van der Waals surface area contributed by atoms with Crippen molar-refractivity contribution in [3.8, 4) is 11.5 Å². The lowest BCUT2D eigenvalue weighted by Gasteiger charge is -2.37. The summed E-state index contributed by atoms with van der Waals surface area (Å²) >= 11 is 1.73. The van der Waals surface area contributed by atoms with Gasteiger partial charge in [0.2, 0.25) is 5.91 Å². The summed E-state index contributed by atoms with van der Waals surface area (Å²) in [6.45, 7) is 5.10. The zero-order chi connectivity index (χ0) is 26.7. The summed E-state index contributed by atoms with van der Waals surface area (Å²) in [6, 6.07) is 19.4. The van der Waals surface area contributed by atoms with E-state index in [0.29, 0.717) is 37.8 Å². The molecule has 0 unspecified atom stereocenters. The summed E-state index contributed by atoms with van der Waals surface area (Å²) in [4.78, 5) is 18.9. The molecule has 1 amide bonds. The molecule has 2 atom stereocenters. The van der Waals surface area contributed by atoms with Gasteiger partial charge in [0.1, 0.15) is 6.61 Å². The minimum absolute atomic E-state index is 0.0429. The van der Waals surface area contributed by atoms with Crippen LogP contribution < -0.4 is 9.47 Å². The van der Waals surface area contributed by atoms with Gasteiger partial charge in [-0.05, 0) is 54.1 Å². The molecule has 8 heteroatoms. The smallest absolute Gasteiger partial charge is 0.237 e. The molecule has 1 aliphatic heterocycles. The van der Waals surface area contributed by atoms with Crippen molar-refractivity contribution in [1.29, 1.82) is 0 Å². The molecule has 0 radical (unpaired) electrons. The van der Waals surface area contributed by atoms with Crippen LogP contribution in [0.25, 0.3) is 0 Å². The van der Waals surface area contributed by atoms with Crippen LogP contribution in [0.4, 0.5) is 0 Å². The predicted octanol–water partition coefficient (Wildman–Crippen LogP) is 4.55. The van der Waals surface area contributed by atoms with E-state index >= 15 is 0 Å². The van der Waals surface area contributed by atoms with Crippen molar-refractivity contribution < 1.29 is 24.1 Å². The van der Waals surface area contributed by atoms with Gasteiger partial charge in [0.15, 0.2) is 11.5 Å². The minimum atomic E-state index is -0.674. The van der Waals surface area contributed by atoms with Crippen molar-refractivity contribution in [2.45, 2.75) is 38.5 Å². The second-order valence-corrected chi connectivity index (χ2v) is 10.5. The molecular weight excluding hydrogens is 500 g/mol. The molecule has 38 heavy (non-hydrogen) atoms. The Bertz CT molecular complexity index is 1140. The van der Waals surface area contributed by atoms with Crippen molar-refractivity contribution in [2.24, 2.45) is 0 Å². The number of para-hydroxylation sites is 2. The molecule has 1 aromatic heterocycles. The molecule has 2 heterocycles. The predicted molar refractivity (Wildman–Crippen MR) is 150 cm³/mol. The summed E-state index contributed by atoms with van der Waals surface area (Å²) in [5.41, 5.74) is 2.22. The average Bonchev–Trinajstić information content (AvgIpc) is 3.42. The monoisotopic (exact) mass is 538 g/mol. The van der Waals surface area contributed by atoms with Crippen LogP contribution in [0, 0.1) is 0 Å². The average molecular weight is 539 g/mol. The van der Waals surface area contributed by atoms with Gasteiger partial charge in [0, 0.05) is 18.0 Å². The van der Waals surface area contributed by atoms with E-state index in [-0.39, 0.29) is 25.1 Å². The fourth-order valence-corrected chi connectivity index (χ4v) is 5.78. The van der Waals surface area contributed by atoms with Gasteiger partial charge in [0.25, 0.3) is 0 Å². The Morgan fingerprint density at radius 3 is 2.66 bits per heavy atom. The first-order valence-electron chi connectivity index (χ1n) is 13.2. The molecule has 204 valence electrons. The Balaban J connectivity index is 1.37. The number of nitrogens with zero attached hydrogens (tertiary/aromatic N) is 2. The van der Waals surface area contributed by atoms with E-state index in [0.717, 1.165) is 30.5 Å². The molecule has 0 fully saturated rings. The summed E-state index contributed by atoms with van der Waals surface area (Å²) in [6.07, 6.45) is 1.06. The Kier molecular flexibility index (Phi) is 10.6. The second kappa shape index (κ2) is 14.3. The molecule has 0 saturated heterocycles. The lowest BCUT2D eigenvalue weighted by Crippen LogP contribution is -2.48. The van der Waals surface area contributed by atoms with Crippen molar-refractivity contribution in [3.63, 3.8) is 0 Å². The van der Waals surface area contributed by atoms with Gasteiger partial charge in [-0.1, -0.05) is 49.4 Å². The maximum atomic E-state index is 13.6. The van der Waals surface area contributed by atoms with Gasteiger partial charge in [-0.3, -0.25) is 9.69 Å². The number of hydrogen-bond acceptors (Lipinski definition) is 7. The number of methoxy groups -OCH3 is 1. The van der Waals surface area contributed by atoms with Crippen molar-refractivity contribution in [1.82, 2.24) is 9.80 Å². The molecule has 3 aromatic rings. The summed E-state index contributed by atoms with van der Waals surface area (Å²) < 4.78 is 17.4. The zero-order valence-electron chi connectivity index (χ0n) is 22.3. The molecule has 1 aliphatic rings. The highest BCUT2D eigenvalue weighted by Gasteiger charge is 2.33. The molecular formula is C30H38N2O5S. The lowest BCUT2D eigenvalue weighted by atomic mass is 10.0. The number of aliphatic hydroxyl groups is 1. The number of rotatable bonds is 14. The quantitative estimate of drug-likeness (QED) is 0.325. The Hall–Kier alpha value is -2.91. The van der Waals surface area contributed by atoms with Gasteiger partial charge in [-0.2, -0.15) is 0 Å². The number of thiophene rings is 1. The van der Waals surface area contributed by atoms with Crippen LogP contribution in [-0.4, -0.2) is 73.4 Å². The van der Waals surface area contributed by atoms with Crippen LogP contribution in [0.2, 0.25) is 0 Å². The Morgan fingerprint density at radius 1 is 1.13 bits per heavy atom. The standard InChI is InChI=1S/C30H38N2O5S/c1-3-15-31(18-24(33)21-36-20-23-9-5-4-6-10-23)19-30(34)32-16-13-29-25(14-17-38-29)26(32)22-37-28-12-8-7-11-27(28)35-2/h4-12,14,17,24,26,33H,3,13,15-16,18-22H2,1-2H3/t24-,26+/m1/s1. The topological polar surface area (TPSA) is 71.5 Å². The highest BCUT2D eigenvalue weighted by atomic mass is 32.1. The third-order valence-corrected chi connectivity index (χ3v) is 7.67. The summed E-state index contributed by atoms with van der Waals surface area (Å²) in [5, 5.41) is 12.7. The summed E-state index contributed by atoms with van der Waals surface area (Å²) in [5.74, 6) is 1.38. The number of fused-ring (bicyclic) bond motifs is 1. The third-order valence-electron chi connectivity index (χ3n) is 6.67. The first-order chi connectivity index (χ1) is 18.6. The maximum Gasteiger partial charge on any atom is 0.237 e. The number of aliphatic hydroxyl groups excluding tert-OH is 1. The van der Waals surface area contributed by atoms with E-state index in [2.05, 4.69) is 18.4 Å². The highest BCUT2D eigenvalue weighted by molar-refractivity contribution is 7.10. The fraction of sp³-hybridized carbons (Fsp3) is 0.433. The number of carbonyl (C=O) groups is 1. The van der Waals surface area contributed by atoms with Crippen LogP contribution in [0.3, 0.4) is 0 Å². The normalized spacial score (nSPS) is 15.8. The van der Waals surface area contributed by atoms with Gasteiger partial charge >= 0.3 is 0 Å². The second-order valence-electron chi connectivity index (χ2n) is 9.50. The molecule has 1 N–H and O–H groups in total. The molecule has 0 bridgehead atoms. The third kappa shape index (κ3) is 7.57. The van der Waals surface area contributed by atoms with Crippen LogP contribution in [0.1, 0.15) is 35.4 Å². The van der Waals surface area contributed by atoms with Crippen molar-refractivity contribution >= 4 is 17.2 Å². The Morgan fingerprint density at radius 2 is 1.89 bits per heavy atom. The van der Waals surface area contributed by atoms with Crippen LogP contribution >= 0.6 is 11.3 Å². The molecule has 7 nitrogen and oxygen atoms in total. The van der Waals surface area contributed by atoms with Gasteiger partial charge in [0.05, 0.1) is 39.0 Å². The van der Waals surface area contributed by atoms with Crippen LogP contribution in [0.5, 0.6) is 11.5 Å². The Labute approximate surface area is 229 Å². The van der Waals surface area contributed by atoms with Crippen molar-refractivity contribution in [2.75, 3.05) is 46.5 Å². The van der Waals surface area contributed by atoms with E-state index in [9.17, 15) is 9.90 Å². The lowest BCUT2D eigenvalue weighted by molar-refractivity contribution is -0.136. The molecule has 4 rings (SSSR count). The number of amides is 1. The van der Waals surface area contributed by atoms with Crippen molar-refractivity contribution in [3.05, 3.63) is 82.0 Å². The van der Waals surface area contributed by atoms with Gasteiger partial charge < -0.3 is 24.2 Å². The SMILES string of the molecule is CCCN(CC(=O)N1CCc2sccc2[C@@H]1COc1ccccc1OC)C[C@@H](O)COCc1ccccc1. The van der Waals surface area contributed by atoms with E-state index in [1.54, 1.807) is 18.4 Å². The number of benzene rings is 2. The van der Waals surface area contributed by atoms with E-state index in [1.807, 2.05) is 64.4 Å². The first kappa shape index (κ1) is 28.1. The van der Waals surface area contributed by atoms with Crippen LogP contribution in [-0.2, 0) is 22.6 Å². The maximum absolute atomic E-state index is 13.6. The number of carbonyl (C=O) groups excluding carboxylic acids is 1. The molecule has 0 aliphatic carbocycles. The van der Waals surface area contributed by atoms with E-state index in [4.69, 9.17) is 14.2 Å². The zero-order valence-corrected chi connectivity index (χ0v) is 23.1. The van der Waals surface area contributed by atoms with Gasteiger partial charge in [-0.15, -0.1) is 11.3 Å². The fourth-order valence-electron chi connectivity index (χ4n) is 4.85. The van der Waals surface area contributed by atoms with E-state index < -0.39 is 6.10 Å². The van der Waals surface area contributed by atoms with Crippen LogP contribution in [0.15, 0.2) is 66.0 Å². The molecule has 0 spiro atoms. The first-order valence-corrected chi connectivity index (χ1v) is 14.1. The largest absolute Gasteiger partial charge is 0.493 e. The number of hydrogen-bond donors (Lipinski definition) is 1. The highest BCUT2D eigenvalue weighted by Crippen LogP contribution is 2.35. The van der Waals surface area contributed by atoms with Gasteiger partial charge in [-0.25, -0.2) is 0 Å².